The molecule has 94 valence electrons. The maximum Gasteiger partial charge on any atom is 0.253 e. The summed E-state index contributed by atoms with van der Waals surface area (Å²) in [6, 6.07) is 5.45. The van der Waals surface area contributed by atoms with Crippen LogP contribution in [-0.2, 0) is 4.74 Å². The molecule has 0 spiro atoms. The average molecular weight is 237 g/mol. The van der Waals surface area contributed by atoms with E-state index in [-0.39, 0.29) is 5.91 Å². The first kappa shape index (κ1) is 13.5. The van der Waals surface area contributed by atoms with Crippen molar-refractivity contribution in [3.8, 4) is 0 Å². The molecule has 4 N–H and O–H groups in total. The van der Waals surface area contributed by atoms with E-state index in [4.69, 9.17) is 10.6 Å². The SMILES string of the molecule is CCOCCNC(=O)c1ccc(C)cc1NN. The molecule has 0 bridgehead atoms. The summed E-state index contributed by atoms with van der Waals surface area (Å²) in [6.07, 6.45) is 0. The summed E-state index contributed by atoms with van der Waals surface area (Å²) in [7, 11) is 0. The number of ether oxygens (including phenoxy) is 1. The predicted octanol–water partition coefficient (Wildman–Crippen LogP) is 1.05. The van der Waals surface area contributed by atoms with Gasteiger partial charge >= 0.3 is 0 Å². The summed E-state index contributed by atoms with van der Waals surface area (Å²) >= 11 is 0. The van der Waals surface area contributed by atoms with Crippen molar-refractivity contribution in [3.05, 3.63) is 29.3 Å². The second kappa shape index (κ2) is 6.88. The van der Waals surface area contributed by atoms with Gasteiger partial charge in [-0.15, -0.1) is 0 Å². The zero-order valence-electron chi connectivity index (χ0n) is 10.2. The Morgan fingerprint density at radius 2 is 2.24 bits per heavy atom. The van der Waals surface area contributed by atoms with Gasteiger partial charge in [-0.05, 0) is 31.5 Å². The van der Waals surface area contributed by atoms with Crippen LogP contribution >= 0.6 is 0 Å². The van der Waals surface area contributed by atoms with Crippen LogP contribution in [0.25, 0.3) is 0 Å². The first-order valence-corrected chi connectivity index (χ1v) is 5.62. The number of amides is 1. The fourth-order valence-electron chi connectivity index (χ4n) is 1.45. The maximum absolute atomic E-state index is 11.8. The minimum atomic E-state index is -0.155. The molecular formula is C12H19N3O2. The number of hydrogen-bond acceptors (Lipinski definition) is 4. The predicted molar refractivity (Wildman–Crippen MR) is 67.8 cm³/mol. The molecule has 5 heteroatoms. The highest BCUT2D eigenvalue weighted by atomic mass is 16.5. The first-order valence-electron chi connectivity index (χ1n) is 5.62. The molecule has 0 heterocycles. The summed E-state index contributed by atoms with van der Waals surface area (Å²) in [5.41, 5.74) is 4.73. The number of benzene rings is 1. The van der Waals surface area contributed by atoms with E-state index in [1.807, 2.05) is 26.0 Å². The third kappa shape index (κ3) is 4.05. The second-order valence-electron chi connectivity index (χ2n) is 3.65. The van der Waals surface area contributed by atoms with Crippen LogP contribution in [-0.4, -0.2) is 25.7 Å². The van der Waals surface area contributed by atoms with Crippen LogP contribution < -0.4 is 16.6 Å². The number of aryl methyl sites for hydroxylation is 1. The normalized spacial score (nSPS) is 10.1. The van der Waals surface area contributed by atoms with Gasteiger partial charge in [0.25, 0.3) is 5.91 Å². The number of hydrazine groups is 1. The molecule has 5 nitrogen and oxygen atoms in total. The lowest BCUT2D eigenvalue weighted by atomic mass is 10.1. The highest BCUT2D eigenvalue weighted by Gasteiger charge is 2.09. The molecule has 0 aliphatic heterocycles. The Kier molecular flexibility index (Phi) is 5.45. The van der Waals surface area contributed by atoms with Crippen molar-refractivity contribution < 1.29 is 9.53 Å². The topological polar surface area (TPSA) is 76.4 Å². The number of carbonyl (C=O) groups is 1. The van der Waals surface area contributed by atoms with Crippen LogP contribution in [0.2, 0.25) is 0 Å². The molecule has 0 radical (unpaired) electrons. The molecule has 1 rings (SSSR count). The van der Waals surface area contributed by atoms with Crippen LogP contribution in [0.15, 0.2) is 18.2 Å². The van der Waals surface area contributed by atoms with Crippen molar-refractivity contribution in [2.75, 3.05) is 25.2 Å². The van der Waals surface area contributed by atoms with Gasteiger partial charge in [-0.1, -0.05) is 6.07 Å². The number of nitrogens with two attached hydrogens (primary N) is 1. The molecule has 1 amide bonds. The van der Waals surface area contributed by atoms with E-state index >= 15 is 0 Å². The molecule has 0 aliphatic carbocycles. The van der Waals surface area contributed by atoms with Gasteiger partial charge in [0.2, 0.25) is 0 Å². The minimum absolute atomic E-state index is 0.155. The van der Waals surface area contributed by atoms with Crippen LogP contribution in [0.4, 0.5) is 5.69 Å². The first-order chi connectivity index (χ1) is 8.19. The number of carbonyl (C=O) groups excluding carboxylic acids is 1. The van der Waals surface area contributed by atoms with Crippen LogP contribution in [0, 0.1) is 6.92 Å². The van der Waals surface area contributed by atoms with Crippen LogP contribution in [0.3, 0.4) is 0 Å². The van der Waals surface area contributed by atoms with Gasteiger partial charge in [-0.2, -0.15) is 0 Å². The van der Waals surface area contributed by atoms with E-state index in [9.17, 15) is 4.79 Å². The van der Waals surface area contributed by atoms with Crippen molar-refractivity contribution in [1.29, 1.82) is 0 Å². The lowest BCUT2D eigenvalue weighted by Crippen LogP contribution is -2.28. The summed E-state index contributed by atoms with van der Waals surface area (Å²) in [5, 5.41) is 2.77. The molecule has 1 aromatic rings. The van der Waals surface area contributed by atoms with Gasteiger partial charge in [-0.3, -0.25) is 10.6 Å². The highest BCUT2D eigenvalue weighted by molar-refractivity contribution is 5.99. The van der Waals surface area contributed by atoms with E-state index in [0.29, 0.717) is 31.0 Å². The third-order valence-corrected chi connectivity index (χ3v) is 2.31. The fourth-order valence-corrected chi connectivity index (χ4v) is 1.45. The molecule has 0 saturated carbocycles. The maximum atomic E-state index is 11.8. The third-order valence-electron chi connectivity index (χ3n) is 2.31. The second-order valence-corrected chi connectivity index (χ2v) is 3.65. The zero-order valence-corrected chi connectivity index (χ0v) is 10.2. The van der Waals surface area contributed by atoms with Gasteiger partial charge in [-0.25, -0.2) is 0 Å². The Bertz CT molecular complexity index is 380. The van der Waals surface area contributed by atoms with Gasteiger partial charge in [0.1, 0.15) is 0 Å². The molecule has 0 saturated heterocycles. The summed E-state index contributed by atoms with van der Waals surface area (Å²) in [6.45, 7) is 5.51. The summed E-state index contributed by atoms with van der Waals surface area (Å²) in [5.74, 6) is 5.22. The number of nitrogen functional groups attached to an aromatic ring is 1. The smallest absolute Gasteiger partial charge is 0.253 e. The van der Waals surface area contributed by atoms with E-state index in [1.165, 1.54) is 0 Å². The number of rotatable bonds is 6. The van der Waals surface area contributed by atoms with Gasteiger partial charge in [0.15, 0.2) is 0 Å². The quantitative estimate of drug-likeness (QED) is 0.392. The van der Waals surface area contributed by atoms with E-state index in [1.54, 1.807) is 6.07 Å². The lowest BCUT2D eigenvalue weighted by Gasteiger charge is -2.10. The molecule has 0 aromatic heterocycles. The monoisotopic (exact) mass is 237 g/mol. The molecular weight excluding hydrogens is 218 g/mol. The van der Waals surface area contributed by atoms with E-state index < -0.39 is 0 Å². The highest BCUT2D eigenvalue weighted by Crippen LogP contribution is 2.16. The molecule has 0 atom stereocenters. The molecule has 17 heavy (non-hydrogen) atoms. The molecule has 0 fully saturated rings. The van der Waals surface area contributed by atoms with Crippen LogP contribution in [0.1, 0.15) is 22.8 Å². The van der Waals surface area contributed by atoms with Crippen molar-refractivity contribution in [2.24, 2.45) is 5.84 Å². The number of nitrogens with one attached hydrogen (secondary N) is 2. The van der Waals surface area contributed by atoms with Crippen molar-refractivity contribution >= 4 is 11.6 Å². The number of anilines is 1. The van der Waals surface area contributed by atoms with Crippen LogP contribution in [0.5, 0.6) is 0 Å². The number of hydrogen-bond donors (Lipinski definition) is 3. The van der Waals surface area contributed by atoms with Crippen molar-refractivity contribution in [2.45, 2.75) is 13.8 Å². The Hall–Kier alpha value is -1.59. The molecule has 0 unspecified atom stereocenters. The largest absolute Gasteiger partial charge is 0.380 e. The van der Waals surface area contributed by atoms with Gasteiger partial charge in [0.05, 0.1) is 17.9 Å². The zero-order chi connectivity index (χ0) is 12.7. The molecule has 0 aliphatic rings. The Morgan fingerprint density at radius 1 is 1.47 bits per heavy atom. The summed E-state index contributed by atoms with van der Waals surface area (Å²) < 4.78 is 5.14. The Balaban J connectivity index is 2.62. The van der Waals surface area contributed by atoms with E-state index in [2.05, 4.69) is 10.7 Å². The average Bonchev–Trinajstić information content (AvgIpc) is 2.34. The Morgan fingerprint density at radius 3 is 2.88 bits per heavy atom. The standard InChI is InChI=1S/C12H19N3O2/c1-3-17-7-6-14-12(16)10-5-4-9(2)8-11(10)15-13/h4-5,8,15H,3,6-7,13H2,1-2H3,(H,14,16). The minimum Gasteiger partial charge on any atom is -0.380 e. The molecule has 1 aromatic carbocycles. The fraction of sp³-hybridized carbons (Fsp3) is 0.417. The lowest BCUT2D eigenvalue weighted by molar-refractivity contribution is 0.0923. The summed E-state index contributed by atoms with van der Waals surface area (Å²) in [4.78, 5) is 11.8. The van der Waals surface area contributed by atoms with E-state index in [0.717, 1.165) is 5.56 Å². The van der Waals surface area contributed by atoms with Gasteiger partial charge in [0, 0.05) is 13.2 Å². The Labute approximate surface area is 101 Å². The van der Waals surface area contributed by atoms with Crippen molar-refractivity contribution in [3.63, 3.8) is 0 Å². The van der Waals surface area contributed by atoms with Gasteiger partial charge < -0.3 is 15.5 Å². The van der Waals surface area contributed by atoms with Crippen molar-refractivity contribution in [1.82, 2.24) is 5.32 Å².